The first kappa shape index (κ1) is 30.5. The van der Waals surface area contributed by atoms with Crippen LogP contribution in [-0.4, -0.2) is 42.4 Å². The molecule has 0 aliphatic carbocycles. The van der Waals surface area contributed by atoms with Crippen LogP contribution in [0.3, 0.4) is 0 Å². The molecule has 0 saturated carbocycles. The van der Waals surface area contributed by atoms with E-state index in [1.54, 1.807) is 0 Å². The van der Waals surface area contributed by atoms with Gasteiger partial charge in [-0.05, 0) is 24.7 Å². The highest BCUT2D eigenvalue weighted by Crippen LogP contribution is 2.44. The monoisotopic (exact) mass is 438 g/mol. The second kappa shape index (κ2) is 20.5. The summed E-state index contributed by atoms with van der Waals surface area (Å²) in [5.41, 5.74) is 0. The van der Waals surface area contributed by atoms with Crippen LogP contribution in [0.4, 0.5) is 0 Å². The molecule has 0 fully saturated rings. The van der Waals surface area contributed by atoms with Crippen molar-refractivity contribution in [3.8, 4) is 0 Å². The van der Waals surface area contributed by atoms with Crippen molar-refractivity contribution in [2.45, 2.75) is 79.1 Å². The number of carbonyl (C=O) groups excluding carboxylic acids is 1. The molecular weight excluding hydrogens is 395 g/mol. The maximum Gasteiger partial charge on any atom is 0.472 e. The van der Waals surface area contributed by atoms with Crippen LogP contribution in [0.1, 0.15) is 79.1 Å². The summed E-state index contributed by atoms with van der Waals surface area (Å²) >= 11 is 0. The number of esters is 1. The quantitative estimate of drug-likeness (QED) is 0.181. The Morgan fingerprint density at radius 1 is 1.00 bits per heavy atom. The Morgan fingerprint density at radius 2 is 1.45 bits per heavy atom. The number of phosphoric acid groups is 1. The molecule has 0 bridgehead atoms. The van der Waals surface area contributed by atoms with Gasteiger partial charge in [0.05, 0.1) is 19.8 Å². The Balaban J connectivity index is 0. The average molecular weight is 439 g/mol. The van der Waals surface area contributed by atoms with Crippen LogP contribution in [0.2, 0.25) is 0 Å². The molecule has 8 heteroatoms. The van der Waals surface area contributed by atoms with Crippen molar-refractivity contribution >= 4 is 13.8 Å². The van der Waals surface area contributed by atoms with Crippen molar-refractivity contribution in [2.75, 3.05) is 26.4 Å². The standard InChI is InChI=1S/C16H35O4P.C5H8O3/c1-5-9-11-15(7-3)13-19-21(17,18)20-14-16(8-4)12-10-6-2;1-2-5(7)8-4-3-6/h15-16H,5-14H2,1-4H3,(H,17,18);2,6H,1,3-4H2. The number of hydrogen-bond donors (Lipinski definition) is 2. The van der Waals surface area contributed by atoms with Gasteiger partial charge in [0.25, 0.3) is 0 Å². The van der Waals surface area contributed by atoms with E-state index in [-0.39, 0.29) is 13.2 Å². The third kappa shape index (κ3) is 20.3. The molecule has 7 nitrogen and oxygen atoms in total. The summed E-state index contributed by atoms with van der Waals surface area (Å²) in [4.78, 5) is 19.9. The van der Waals surface area contributed by atoms with Gasteiger partial charge in [0, 0.05) is 6.08 Å². The summed E-state index contributed by atoms with van der Waals surface area (Å²) in [5, 5.41) is 8.10. The molecule has 0 heterocycles. The van der Waals surface area contributed by atoms with Gasteiger partial charge in [0.1, 0.15) is 6.61 Å². The van der Waals surface area contributed by atoms with Crippen LogP contribution in [0.25, 0.3) is 0 Å². The Morgan fingerprint density at radius 3 is 1.76 bits per heavy atom. The van der Waals surface area contributed by atoms with Crippen molar-refractivity contribution in [2.24, 2.45) is 11.8 Å². The Labute approximate surface area is 177 Å². The van der Waals surface area contributed by atoms with E-state index >= 15 is 0 Å². The largest absolute Gasteiger partial charge is 0.472 e. The second-order valence-corrected chi connectivity index (χ2v) is 8.44. The van der Waals surface area contributed by atoms with Crippen molar-refractivity contribution in [1.82, 2.24) is 0 Å². The SMILES string of the molecule is C=CC(=O)OCCO.CCCCC(CC)COP(=O)(O)OCC(CC)CCCC. The Kier molecular flexibility index (Phi) is 21.6. The highest BCUT2D eigenvalue weighted by molar-refractivity contribution is 7.47. The molecule has 0 aromatic rings. The van der Waals surface area contributed by atoms with Crippen LogP contribution in [0.15, 0.2) is 12.7 Å². The Bertz CT molecular complexity index is 419. The molecule has 0 saturated heterocycles. The molecule has 2 N–H and O–H groups in total. The fraction of sp³-hybridized carbons (Fsp3) is 0.857. The summed E-state index contributed by atoms with van der Waals surface area (Å²) in [5.74, 6) is 0.186. The van der Waals surface area contributed by atoms with Gasteiger partial charge in [-0.3, -0.25) is 9.05 Å². The van der Waals surface area contributed by atoms with Crippen molar-refractivity contribution in [3.63, 3.8) is 0 Å². The number of aliphatic hydroxyl groups is 1. The summed E-state index contributed by atoms with van der Waals surface area (Å²) in [7, 11) is -3.89. The van der Waals surface area contributed by atoms with Gasteiger partial charge in [-0.15, -0.1) is 0 Å². The lowest BCUT2D eigenvalue weighted by Crippen LogP contribution is -2.12. The lowest BCUT2D eigenvalue weighted by molar-refractivity contribution is -0.138. The third-order valence-electron chi connectivity index (χ3n) is 4.54. The first-order valence-corrected chi connectivity index (χ1v) is 12.3. The van der Waals surface area contributed by atoms with E-state index in [2.05, 4.69) is 39.0 Å². The van der Waals surface area contributed by atoms with E-state index < -0.39 is 13.8 Å². The molecule has 0 aliphatic rings. The maximum absolute atomic E-state index is 11.9. The van der Waals surface area contributed by atoms with Crippen molar-refractivity contribution in [3.05, 3.63) is 12.7 Å². The number of phosphoric ester groups is 1. The molecule has 0 spiro atoms. The van der Waals surface area contributed by atoms with Crippen LogP contribution in [0, 0.1) is 11.8 Å². The van der Waals surface area contributed by atoms with Crippen LogP contribution in [-0.2, 0) is 23.1 Å². The number of carbonyl (C=O) groups is 1. The van der Waals surface area contributed by atoms with E-state index in [1.807, 2.05) is 0 Å². The minimum Gasteiger partial charge on any atom is -0.460 e. The zero-order valence-corrected chi connectivity index (χ0v) is 19.7. The summed E-state index contributed by atoms with van der Waals surface area (Å²) in [6.45, 7) is 12.2. The molecule has 2 unspecified atom stereocenters. The molecular formula is C21H43O7P. The van der Waals surface area contributed by atoms with Crippen LogP contribution >= 0.6 is 7.82 Å². The molecule has 0 aromatic carbocycles. The topological polar surface area (TPSA) is 102 Å². The highest BCUT2D eigenvalue weighted by Gasteiger charge is 2.24. The fourth-order valence-corrected chi connectivity index (χ4v) is 3.31. The van der Waals surface area contributed by atoms with Gasteiger partial charge in [-0.25, -0.2) is 9.36 Å². The predicted molar refractivity (Wildman–Crippen MR) is 117 cm³/mol. The van der Waals surface area contributed by atoms with E-state index in [9.17, 15) is 14.3 Å². The first-order chi connectivity index (χ1) is 13.8. The molecule has 0 radical (unpaired) electrons. The lowest BCUT2D eigenvalue weighted by Gasteiger charge is -2.20. The fourth-order valence-electron chi connectivity index (χ4n) is 2.44. The smallest absolute Gasteiger partial charge is 0.460 e. The zero-order valence-electron chi connectivity index (χ0n) is 18.8. The van der Waals surface area contributed by atoms with Gasteiger partial charge in [0.2, 0.25) is 0 Å². The number of ether oxygens (including phenoxy) is 1. The van der Waals surface area contributed by atoms with Gasteiger partial charge in [-0.2, -0.15) is 0 Å². The average Bonchev–Trinajstić information content (AvgIpc) is 2.72. The van der Waals surface area contributed by atoms with Gasteiger partial charge in [0.15, 0.2) is 0 Å². The number of rotatable bonds is 17. The normalized spacial score (nSPS) is 14.8. The number of hydrogen-bond acceptors (Lipinski definition) is 6. The van der Waals surface area contributed by atoms with E-state index in [0.717, 1.165) is 57.4 Å². The van der Waals surface area contributed by atoms with Gasteiger partial charge >= 0.3 is 13.8 Å². The minimum absolute atomic E-state index is 0.0465. The zero-order chi connectivity index (χ0) is 22.5. The maximum atomic E-state index is 11.9. The molecule has 0 amide bonds. The molecule has 0 rings (SSSR count). The third-order valence-corrected chi connectivity index (χ3v) is 5.49. The Hall–Kier alpha value is -0.720. The predicted octanol–water partition coefficient (Wildman–Crippen LogP) is 5.26. The second-order valence-electron chi connectivity index (χ2n) is 6.99. The molecule has 0 aromatic heterocycles. The number of unbranched alkanes of at least 4 members (excludes halogenated alkanes) is 2. The van der Waals surface area contributed by atoms with Crippen LogP contribution in [0.5, 0.6) is 0 Å². The molecule has 174 valence electrons. The first-order valence-electron chi connectivity index (χ1n) is 10.8. The van der Waals surface area contributed by atoms with Gasteiger partial charge in [-0.1, -0.05) is 72.8 Å². The molecule has 0 aliphatic heterocycles. The van der Waals surface area contributed by atoms with E-state index in [4.69, 9.17) is 14.2 Å². The lowest BCUT2D eigenvalue weighted by atomic mass is 10.0. The van der Waals surface area contributed by atoms with Gasteiger partial charge < -0.3 is 14.7 Å². The molecule has 2 atom stereocenters. The van der Waals surface area contributed by atoms with Crippen molar-refractivity contribution < 1.29 is 33.1 Å². The van der Waals surface area contributed by atoms with Crippen molar-refractivity contribution in [1.29, 1.82) is 0 Å². The minimum atomic E-state index is -3.89. The van der Waals surface area contributed by atoms with E-state index in [1.165, 1.54) is 0 Å². The molecule has 29 heavy (non-hydrogen) atoms. The van der Waals surface area contributed by atoms with E-state index in [0.29, 0.717) is 25.0 Å². The highest BCUT2D eigenvalue weighted by atomic mass is 31.2. The number of aliphatic hydroxyl groups excluding tert-OH is 1. The summed E-state index contributed by atoms with van der Waals surface area (Å²) in [6, 6.07) is 0. The van der Waals surface area contributed by atoms with Crippen LogP contribution < -0.4 is 0 Å². The summed E-state index contributed by atoms with van der Waals surface area (Å²) < 4.78 is 26.6. The summed E-state index contributed by atoms with van der Waals surface area (Å²) in [6.07, 6.45) is 9.61.